The number of benzene rings is 1. The second-order valence-corrected chi connectivity index (χ2v) is 6.70. The maximum Gasteiger partial charge on any atom is 0.252 e. The van der Waals surface area contributed by atoms with Crippen LogP contribution in [0.5, 0.6) is 0 Å². The second-order valence-electron chi connectivity index (χ2n) is 6.70. The number of halogens is 1. The van der Waals surface area contributed by atoms with E-state index in [9.17, 15) is 9.59 Å². The van der Waals surface area contributed by atoms with Gasteiger partial charge in [0.25, 0.3) is 5.91 Å². The van der Waals surface area contributed by atoms with Gasteiger partial charge in [-0.05, 0) is 37.3 Å². The number of aryl methyl sites for hydroxylation is 1. The van der Waals surface area contributed by atoms with Crippen molar-refractivity contribution in [3.05, 3.63) is 35.4 Å². The van der Waals surface area contributed by atoms with Crippen molar-refractivity contribution in [3.63, 3.8) is 0 Å². The topological polar surface area (TPSA) is 75.4 Å². The molecule has 1 heterocycles. The molecule has 0 aromatic heterocycles. The molecule has 1 fully saturated rings. The Morgan fingerprint density at radius 2 is 1.96 bits per heavy atom. The normalized spacial score (nSPS) is 18.7. The zero-order valence-electron chi connectivity index (χ0n) is 14.6. The maximum absolute atomic E-state index is 12.8. The Bertz CT molecular complexity index is 577. The summed E-state index contributed by atoms with van der Waals surface area (Å²) in [5.74, 6) is -0.206. The number of nitrogens with zero attached hydrogens (tertiary/aromatic N) is 1. The molecule has 1 aromatic rings. The lowest BCUT2D eigenvalue weighted by Crippen LogP contribution is -2.55. The van der Waals surface area contributed by atoms with Gasteiger partial charge in [0.1, 0.15) is 6.04 Å². The van der Waals surface area contributed by atoms with Crippen LogP contribution in [0, 0.1) is 12.8 Å². The van der Waals surface area contributed by atoms with Crippen molar-refractivity contribution >= 4 is 24.2 Å². The molecule has 1 aliphatic rings. The van der Waals surface area contributed by atoms with Crippen molar-refractivity contribution in [1.29, 1.82) is 0 Å². The van der Waals surface area contributed by atoms with Gasteiger partial charge in [-0.2, -0.15) is 0 Å². The van der Waals surface area contributed by atoms with Crippen LogP contribution in [0.4, 0.5) is 0 Å². The van der Waals surface area contributed by atoms with E-state index in [-0.39, 0.29) is 36.2 Å². The summed E-state index contributed by atoms with van der Waals surface area (Å²) in [4.78, 5) is 27.1. The fourth-order valence-electron chi connectivity index (χ4n) is 2.97. The Morgan fingerprint density at radius 1 is 1.29 bits per heavy atom. The quantitative estimate of drug-likeness (QED) is 0.870. The SMILES string of the molecule is Cc1ccccc1C(=O)NC(C(=O)N1CCCC(N)C1)C(C)C.Cl. The summed E-state index contributed by atoms with van der Waals surface area (Å²) in [5.41, 5.74) is 7.49. The molecule has 1 aliphatic heterocycles. The lowest BCUT2D eigenvalue weighted by molar-refractivity contribution is -0.135. The second kappa shape index (κ2) is 9.04. The summed E-state index contributed by atoms with van der Waals surface area (Å²) in [7, 11) is 0. The lowest BCUT2D eigenvalue weighted by atomic mass is 9.99. The van der Waals surface area contributed by atoms with E-state index in [1.807, 2.05) is 39.0 Å². The van der Waals surface area contributed by atoms with Gasteiger partial charge in [-0.1, -0.05) is 32.0 Å². The van der Waals surface area contributed by atoms with Crippen LogP contribution in [-0.4, -0.2) is 41.9 Å². The number of hydrogen-bond donors (Lipinski definition) is 2. The van der Waals surface area contributed by atoms with Crippen molar-refractivity contribution in [2.45, 2.75) is 45.7 Å². The Morgan fingerprint density at radius 3 is 2.54 bits per heavy atom. The van der Waals surface area contributed by atoms with Crippen LogP contribution in [0.15, 0.2) is 24.3 Å². The Labute approximate surface area is 150 Å². The first-order chi connectivity index (χ1) is 10.9. The predicted octanol–water partition coefficient (Wildman–Crippen LogP) is 2.12. The molecule has 5 nitrogen and oxygen atoms in total. The molecule has 2 amide bonds. The smallest absolute Gasteiger partial charge is 0.252 e. The molecule has 0 radical (unpaired) electrons. The molecule has 3 N–H and O–H groups in total. The highest BCUT2D eigenvalue weighted by molar-refractivity contribution is 5.98. The van der Waals surface area contributed by atoms with E-state index in [0.717, 1.165) is 24.9 Å². The van der Waals surface area contributed by atoms with Crippen molar-refractivity contribution in [3.8, 4) is 0 Å². The molecule has 0 aliphatic carbocycles. The van der Waals surface area contributed by atoms with E-state index < -0.39 is 6.04 Å². The van der Waals surface area contributed by atoms with Crippen molar-refractivity contribution < 1.29 is 9.59 Å². The molecule has 6 heteroatoms. The summed E-state index contributed by atoms with van der Waals surface area (Å²) < 4.78 is 0. The number of likely N-dealkylation sites (tertiary alicyclic amines) is 1. The van der Waals surface area contributed by atoms with E-state index in [1.54, 1.807) is 11.0 Å². The third-order valence-corrected chi connectivity index (χ3v) is 4.38. The number of amides is 2. The molecule has 1 saturated heterocycles. The predicted molar refractivity (Wildman–Crippen MR) is 98.3 cm³/mol. The third kappa shape index (κ3) is 4.95. The molecule has 0 spiro atoms. The van der Waals surface area contributed by atoms with Gasteiger partial charge in [0, 0.05) is 24.7 Å². The van der Waals surface area contributed by atoms with Crippen molar-refractivity contribution in [2.24, 2.45) is 11.7 Å². The van der Waals surface area contributed by atoms with E-state index in [0.29, 0.717) is 12.1 Å². The molecule has 0 saturated carbocycles. The highest BCUT2D eigenvalue weighted by Gasteiger charge is 2.31. The molecule has 24 heavy (non-hydrogen) atoms. The van der Waals surface area contributed by atoms with Crippen LogP contribution < -0.4 is 11.1 Å². The fraction of sp³-hybridized carbons (Fsp3) is 0.556. The molecule has 2 rings (SSSR count). The molecule has 134 valence electrons. The van der Waals surface area contributed by atoms with Gasteiger partial charge in [-0.25, -0.2) is 0 Å². The van der Waals surface area contributed by atoms with Crippen LogP contribution in [0.2, 0.25) is 0 Å². The van der Waals surface area contributed by atoms with Gasteiger partial charge in [0.2, 0.25) is 5.91 Å². The van der Waals surface area contributed by atoms with Crippen LogP contribution in [0.25, 0.3) is 0 Å². The maximum atomic E-state index is 12.8. The summed E-state index contributed by atoms with van der Waals surface area (Å²) in [6.45, 7) is 7.08. The first kappa shape index (κ1) is 20.5. The molecular formula is C18H28ClN3O2. The number of piperidine rings is 1. The molecule has 0 bridgehead atoms. The fourth-order valence-corrected chi connectivity index (χ4v) is 2.97. The van der Waals surface area contributed by atoms with E-state index in [1.165, 1.54) is 0 Å². The Kier molecular flexibility index (Phi) is 7.70. The van der Waals surface area contributed by atoms with Crippen molar-refractivity contribution in [1.82, 2.24) is 10.2 Å². The minimum Gasteiger partial charge on any atom is -0.340 e. The minimum absolute atomic E-state index is 0. The number of hydrogen-bond acceptors (Lipinski definition) is 3. The van der Waals surface area contributed by atoms with Crippen LogP contribution in [-0.2, 0) is 4.79 Å². The van der Waals surface area contributed by atoms with Crippen LogP contribution in [0.3, 0.4) is 0 Å². The summed E-state index contributed by atoms with van der Waals surface area (Å²) >= 11 is 0. The highest BCUT2D eigenvalue weighted by Crippen LogP contribution is 2.14. The average molecular weight is 354 g/mol. The standard InChI is InChI=1S/C18H27N3O2.ClH/c1-12(2)16(18(23)21-10-6-8-14(19)11-21)20-17(22)15-9-5-4-7-13(15)3;/h4-5,7,9,12,14,16H,6,8,10-11,19H2,1-3H3,(H,20,22);1H. The molecule has 2 atom stereocenters. The zero-order chi connectivity index (χ0) is 17.0. The third-order valence-electron chi connectivity index (χ3n) is 4.38. The monoisotopic (exact) mass is 353 g/mol. The van der Waals surface area contributed by atoms with E-state index >= 15 is 0 Å². The van der Waals surface area contributed by atoms with Crippen LogP contribution >= 0.6 is 12.4 Å². The average Bonchev–Trinajstić information content (AvgIpc) is 2.52. The van der Waals surface area contributed by atoms with Gasteiger partial charge >= 0.3 is 0 Å². The zero-order valence-corrected chi connectivity index (χ0v) is 15.4. The lowest BCUT2D eigenvalue weighted by Gasteiger charge is -2.34. The van der Waals surface area contributed by atoms with Gasteiger partial charge in [-0.3, -0.25) is 9.59 Å². The molecule has 2 unspecified atom stereocenters. The number of carbonyl (C=O) groups is 2. The first-order valence-corrected chi connectivity index (χ1v) is 8.31. The summed E-state index contributed by atoms with van der Waals surface area (Å²) in [6.07, 6.45) is 1.87. The largest absolute Gasteiger partial charge is 0.340 e. The molecule has 1 aromatic carbocycles. The Hall–Kier alpha value is -1.59. The van der Waals surface area contributed by atoms with Gasteiger partial charge < -0.3 is 16.0 Å². The Balaban J connectivity index is 0.00000288. The number of nitrogens with one attached hydrogen (secondary N) is 1. The van der Waals surface area contributed by atoms with Crippen molar-refractivity contribution in [2.75, 3.05) is 13.1 Å². The summed E-state index contributed by atoms with van der Waals surface area (Å²) in [6, 6.07) is 6.91. The number of carbonyl (C=O) groups excluding carboxylic acids is 2. The minimum atomic E-state index is -0.521. The molecular weight excluding hydrogens is 326 g/mol. The van der Waals surface area contributed by atoms with Gasteiger partial charge in [-0.15, -0.1) is 12.4 Å². The number of rotatable bonds is 4. The highest BCUT2D eigenvalue weighted by atomic mass is 35.5. The van der Waals surface area contributed by atoms with E-state index in [4.69, 9.17) is 5.73 Å². The van der Waals surface area contributed by atoms with Gasteiger partial charge in [0.05, 0.1) is 0 Å². The number of nitrogens with two attached hydrogens (primary N) is 1. The summed E-state index contributed by atoms with van der Waals surface area (Å²) in [5, 5.41) is 2.91. The van der Waals surface area contributed by atoms with Gasteiger partial charge in [0.15, 0.2) is 0 Å². The van der Waals surface area contributed by atoms with E-state index in [2.05, 4.69) is 5.32 Å². The first-order valence-electron chi connectivity index (χ1n) is 8.31. The van der Waals surface area contributed by atoms with Crippen LogP contribution in [0.1, 0.15) is 42.6 Å².